The molecule has 0 spiro atoms. The summed E-state index contributed by atoms with van der Waals surface area (Å²) >= 11 is 0. The minimum atomic E-state index is 0.899. The van der Waals surface area contributed by atoms with E-state index >= 15 is 0 Å². The molecule has 3 nitrogen and oxygen atoms in total. The number of nitrogens with zero attached hydrogens (tertiary/aromatic N) is 2. The zero-order chi connectivity index (χ0) is 33.5. The van der Waals surface area contributed by atoms with Crippen LogP contribution < -0.4 is 0 Å². The van der Waals surface area contributed by atoms with E-state index in [4.69, 9.17) is 4.42 Å². The molecule has 0 aliphatic heterocycles. The molecule has 0 saturated carbocycles. The Labute approximate surface area is 293 Å². The van der Waals surface area contributed by atoms with Crippen molar-refractivity contribution in [2.75, 3.05) is 0 Å². The van der Waals surface area contributed by atoms with Crippen LogP contribution in [0, 0.1) is 0 Å². The number of furan rings is 1. The van der Waals surface area contributed by atoms with Crippen LogP contribution in [-0.4, -0.2) is 9.13 Å². The minimum absolute atomic E-state index is 0.899. The van der Waals surface area contributed by atoms with Crippen LogP contribution in [0.2, 0.25) is 0 Å². The first-order valence-electron chi connectivity index (χ1n) is 17.4. The molecule has 0 aliphatic rings. The van der Waals surface area contributed by atoms with Crippen LogP contribution in [0.5, 0.6) is 0 Å². The van der Waals surface area contributed by atoms with Crippen molar-refractivity contribution in [3.8, 4) is 33.6 Å². The Balaban J connectivity index is 1.07. The predicted molar refractivity (Wildman–Crippen MR) is 213 cm³/mol. The molecule has 0 radical (unpaired) electrons. The third kappa shape index (κ3) is 4.19. The number of rotatable bonds is 4. The fraction of sp³-hybridized carbons (Fsp3) is 0. The van der Waals surface area contributed by atoms with Crippen LogP contribution in [0.4, 0.5) is 0 Å². The van der Waals surface area contributed by atoms with Gasteiger partial charge in [0.2, 0.25) is 0 Å². The Morgan fingerprint density at radius 2 is 0.824 bits per heavy atom. The van der Waals surface area contributed by atoms with E-state index in [1.54, 1.807) is 0 Å². The van der Waals surface area contributed by atoms with Crippen molar-refractivity contribution in [1.29, 1.82) is 0 Å². The SMILES string of the molecule is c1ccc(-c2ccc3c4ccc5oc6ccccc6c5c4n(-c4ccc(-c5ccc(-n6c7ccccc7c7ccccc76)cc5)cc4)c3c2)cc1. The summed E-state index contributed by atoms with van der Waals surface area (Å²) in [6, 6.07) is 65.5. The molecule has 238 valence electrons. The molecule has 3 heterocycles. The molecule has 0 bridgehead atoms. The Kier molecular flexibility index (Phi) is 5.96. The highest BCUT2D eigenvalue weighted by Crippen LogP contribution is 2.42. The van der Waals surface area contributed by atoms with Gasteiger partial charge in [0.1, 0.15) is 11.2 Å². The van der Waals surface area contributed by atoms with Crippen LogP contribution in [0.1, 0.15) is 0 Å². The monoisotopic (exact) mass is 650 g/mol. The van der Waals surface area contributed by atoms with Crippen molar-refractivity contribution < 1.29 is 4.42 Å². The van der Waals surface area contributed by atoms with E-state index in [9.17, 15) is 0 Å². The van der Waals surface area contributed by atoms with Crippen molar-refractivity contribution in [2.24, 2.45) is 0 Å². The average Bonchev–Trinajstić information content (AvgIpc) is 3.86. The smallest absolute Gasteiger partial charge is 0.137 e. The van der Waals surface area contributed by atoms with Crippen molar-refractivity contribution in [3.63, 3.8) is 0 Å². The van der Waals surface area contributed by atoms with E-state index in [2.05, 4.69) is 185 Å². The summed E-state index contributed by atoms with van der Waals surface area (Å²) in [5.41, 5.74) is 13.6. The number of aromatic nitrogens is 2. The van der Waals surface area contributed by atoms with Gasteiger partial charge in [-0.2, -0.15) is 0 Å². The maximum Gasteiger partial charge on any atom is 0.137 e. The predicted octanol–water partition coefficient (Wildman–Crippen LogP) is 13.1. The summed E-state index contributed by atoms with van der Waals surface area (Å²) in [7, 11) is 0. The van der Waals surface area contributed by atoms with Gasteiger partial charge < -0.3 is 13.6 Å². The molecule has 0 fully saturated rings. The van der Waals surface area contributed by atoms with Gasteiger partial charge in [0.15, 0.2) is 0 Å². The van der Waals surface area contributed by atoms with Crippen molar-refractivity contribution in [3.05, 3.63) is 182 Å². The number of hydrogen-bond donors (Lipinski definition) is 0. The van der Waals surface area contributed by atoms with E-state index in [-0.39, 0.29) is 0 Å². The molecule has 51 heavy (non-hydrogen) atoms. The second kappa shape index (κ2) is 10.8. The van der Waals surface area contributed by atoms with Gasteiger partial charge in [-0.3, -0.25) is 0 Å². The number of para-hydroxylation sites is 3. The van der Waals surface area contributed by atoms with Gasteiger partial charge in [-0.15, -0.1) is 0 Å². The van der Waals surface area contributed by atoms with Crippen LogP contribution in [-0.2, 0) is 0 Å². The summed E-state index contributed by atoms with van der Waals surface area (Å²) in [5.74, 6) is 0. The Bertz CT molecular complexity index is 3050. The molecular weight excluding hydrogens is 621 g/mol. The van der Waals surface area contributed by atoms with Gasteiger partial charge in [0.25, 0.3) is 0 Å². The Hall–Kier alpha value is -6.84. The maximum absolute atomic E-state index is 6.39. The first kappa shape index (κ1) is 28.0. The second-order valence-corrected chi connectivity index (χ2v) is 13.3. The summed E-state index contributed by atoms with van der Waals surface area (Å²) in [6.07, 6.45) is 0. The van der Waals surface area contributed by atoms with Crippen LogP contribution >= 0.6 is 0 Å². The Morgan fingerprint density at radius 3 is 1.51 bits per heavy atom. The first-order valence-corrected chi connectivity index (χ1v) is 17.4. The maximum atomic E-state index is 6.39. The Morgan fingerprint density at radius 1 is 0.314 bits per heavy atom. The number of fused-ring (bicyclic) bond motifs is 10. The quantitative estimate of drug-likeness (QED) is 0.186. The molecule has 3 aromatic heterocycles. The van der Waals surface area contributed by atoms with Gasteiger partial charge in [0, 0.05) is 38.3 Å². The summed E-state index contributed by atoms with van der Waals surface area (Å²) in [5, 5.41) is 7.26. The molecular formula is C48H30N2O. The molecule has 11 rings (SSSR count). The average molecular weight is 651 g/mol. The molecule has 0 unspecified atom stereocenters. The van der Waals surface area contributed by atoms with Gasteiger partial charge >= 0.3 is 0 Å². The molecule has 0 atom stereocenters. The van der Waals surface area contributed by atoms with E-state index in [1.807, 2.05) is 6.07 Å². The first-order chi connectivity index (χ1) is 25.3. The van der Waals surface area contributed by atoms with E-state index in [0.717, 1.165) is 33.3 Å². The van der Waals surface area contributed by atoms with E-state index in [1.165, 1.54) is 65.9 Å². The highest BCUT2D eigenvalue weighted by Gasteiger charge is 2.20. The van der Waals surface area contributed by atoms with Gasteiger partial charge in [-0.25, -0.2) is 0 Å². The lowest BCUT2D eigenvalue weighted by molar-refractivity contribution is 0.669. The molecule has 11 aromatic rings. The summed E-state index contributed by atoms with van der Waals surface area (Å²) < 4.78 is 11.2. The molecule has 0 amide bonds. The molecule has 3 heteroatoms. The fourth-order valence-corrected chi connectivity index (χ4v) is 8.20. The molecule has 0 aliphatic carbocycles. The number of benzene rings is 8. The fourth-order valence-electron chi connectivity index (χ4n) is 8.20. The van der Waals surface area contributed by atoms with Crippen molar-refractivity contribution in [2.45, 2.75) is 0 Å². The highest BCUT2D eigenvalue weighted by molar-refractivity contribution is 6.24. The van der Waals surface area contributed by atoms with Crippen molar-refractivity contribution in [1.82, 2.24) is 9.13 Å². The topological polar surface area (TPSA) is 23.0 Å². The lowest BCUT2D eigenvalue weighted by atomic mass is 10.0. The van der Waals surface area contributed by atoms with Gasteiger partial charge in [0.05, 0.1) is 27.5 Å². The van der Waals surface area contributed by atoms with Gasteiger partial charge in [-0.05, 0) is 82.9 Å². The summed E-state index contributed by atoms with van der Waals surface area (Å²) in [4.78, 5) is 0. The lowest BCUT2D eigenvalue weighted by Gasteiger charge is -2.12. The third-order valence-electron chi connectivity index (χ3n) is 10.5. The van der Waals surface area contributed by atoms with E-state index in [0.29, 0.717) is 0 Å². The highest BCUT2D eigenvalue weighted by atomic mass is 16.3. The number of hydrogen-bond acceptors (Lipinski definition) is 1. The van der Waals surface area contributed by atoms with Gasteiger partial charge in [-0.1, -0.05) is 121 Å². The zero-order valence-electron chi connectivity index (χ0n) is 27.6. The standard InChI is InChI=1S/C48H30N2O/c1-2-10-31(11-3-1)34-22-27-39-40-28-29-46-47(41-14-6-9-17-45(41)51-46)48(40)50(44(39)30-34)36-25-20-33(21-26-36)32-18-23-35(24-19-32)49-42-15-7-4-12-37(42)38-13-5-8-16-43(38)49/h1-30H. The molecule has 8 aromatic carbocycles. The third-order valence-corrected chi connectivity index (χ3v) is 10.5. The summed E-state index contributed by atoms with van der Waals surface area (Å²) in [6.45, 7) is 0. The minimum Gasteiger partial charge on any atom is -0.456 e. The van der Waals surface area contributed by atoms with Crippen LogP contribution in [0.25, 0.3) is 99.2 Å². The molecule has 0 saturated heterocycles. The normalized spacial score (nSPS) is 11.9. The molecule has 0 N–H and O–H groups in total. The van der Waals surface area contributed by atoms with E-state index < -0.39 is 0 Å². The zero-order valence-corrected chi connectivity index (χ0v) is 27.6. The van der Waals surface area contributed by atoms with Crippen LogP contribution in [0.15, 0.2) is 186 Å². The lowest BCUT2D eigenvalue weighted by Crippen LogP contribution is -1.95. The van der Waals surface area contributed by atoms with Crippen LogP contribution in [0.3, 0.4) is 0 Å². The van der Waals surface area contributed by atoms with Crippen molar-refractivity contribution >= 4 is 65.6 Å². The second-order valence-electron chi connectivity index (χ2n) is 13.3. The largest absolute Gasteiger partial charge is 0.456 e.